The highest BCUT2D eigenvalue weighted by atomic mass is 32.2. The Kier molecular flexibility index (Phi) is 7.80. The highest BCUT2D eigenvalue weighted by Crippen LogP contribution is 2.24. The van der Waals surface area contributed by atoms with E-state index in [4.69, 9.17) is 9.47 Å². The molecule has 0 unspecified atom stereocenters. The number of carbonyl (C=O) groups is 1. The van der Waals surface area contributed by atoms with Crippen LogP contribution in [0.4, 0.5) is 0 Å². The molecule has 1 aromatic carbocycles. The monoisotopic (exact) mass is 418 g/mol. The van der Waals surface area contributed by atoms with E-state index >= 15 is 0 Å². The number of nitrogens with one attached hydrogen (secondary N) is 1. The van der Waals surface area contributed by atoms with Crippen molar-refractivity contribution in [2.24, 2.45) is 7.05 Å². The summed E-state index contributed by atoms with van der Waals surface area (Å²) in [4.78, 5) is 12.6. The van der Waals surface area contributed by atoms with E-state index < -0.39 is 0 Å². The topological polar surface area (TPSA) is 78.3 Å². The molecular weight excluding hydrogens is 388 g/mol. The SMILES string of the molecule is COc1ccc(OCc2nnc(S[C@H](C)C(=O)NC3CCCCCC3)n2C)cc1. The maximum atomic E-state index is 12.6. The van der Waals surface area contributed by atoms with Crippen LogP contribution in [0.3, 0.4) is 0 Å². The van der Waals surface area contributed by atoms with Gasteiger partial charge in [0.15, 0.2) is 11.0 Å². The molecular formula is C21H30N4O3S. The van der Waals surface area contributed by atoms with Crippen molar-refractivity contribution in [3.8, 4) is 11.5 Å². The number of methoxy groups -OCH3 is 1. The first-order chi connectivity index (χ1) is 14.1. The second-order valence-corrected chi connectivity index (χ2v) is 8.69. The van der Waals surface area contributed by atoms with Crippen molar-refractivity contribution in [2.45, 2.75) is 68.5 Å². The molecule has 29 heavy (non-hydrogen) atoms. The number of carbonyl (C=O) groups excluding carboxylic acids is 1. The highest BCUT2D eigenvalue weighted by molar-refractivity contribution is 8.00. The predicted molar refractivity (Wildman–Crippen MR) is 113 cm³/mol. The molecule has 8 heteroatoms. The Hall–Kier alpha value is -2.22. The van der Waals surface area contributed by atoms with Crippen LogP contribution in [0.5, 0.6) is 11.5 Å². The third-order valence-corrected chi connectivity index (χ3v) is 6.34. The molecule has 3 rings (SSSR count). The van der Waals surface area contributed by atoms with E-state index in [-0.39, 0.29) is 11.2 Å². The summed E-state index contributed by atoms with van der Waals surface area (Å²) in [6.45, 7) is 2.22. The second kappa shape index (κ2) is 10.5. The maximum Gasteiger partial charge on any atom is 0.233 e. The Morgan fingerprint density at radius 3 is 2.48 bits per heavy atom. The van der Waals surface area contributed by atoms with Crippen molar-refractivity contribution in [3.63, 3.8) is 0 Å². The molecule has 1 aliphatic carbocycles. The van der Waals surface area contributed by atoms with Gasteiger partial charge < -0.3 is 19.4 Å². The van der Waals surface area contributed by atoms with Gasteiger partial charge in [0, 0.05) is 13.1 Å². The van der Waals surface area contributed by atoms with Crippen LogP contribution in [0.25, 0.3) is 0 Å². The lowest BCUT2D eigenvalue weighted by molar-refractivity contribution is -0.121. The van der Waals surface area contributed by atoms with E-state index in [1.165, 1.54) is 37.4 Å². The largest absolute Gasteiger partial charge is 0.497 e. The first-order valence-corrected chi connectivity index (χ1v) is 11.1. The van der Waals surface area contributed by atoms with Gasteiger partial charge in [0.25, 0.3) is 0 Å². The van der Waals surface area contributed by atoms with Gasteiger partial charge in [-0.05, 0) is 44.0 Å². The number of hydrogen-bond donors (Lipinski definition) is 1. The standard InChI is InChI=1S/C21H30N4O3S/c1-15(20(26)22-16-8-6-4-5-7-9-16)29-21-24-23-19(25(21)2)14-28-18-12-10-17(27-3)11-13-18/h10-13,15-16H,4-9,14H2,1-3H3,(H,22,26)/t15-/m1/s1. The van der Waals surface area contributed by atoms with E-state index in [1.807, 2.05) is 42.8 Å². The van der Waals surface area contributed by atoms with Gasteiger partial charge in [0.2, 0.25) is 5.91 Å². The number of aromatic nitrogens is 3. The molecule has 1 atom stereocenters. The fourth-order valence-electron chi connectivity index (χ4n) is 3.35. The summed E-state index contributed by atoms with van der Waals surface area (Å²) in [5, 5.41) is 12.1. The molecule has 0 radical (unpaired) electrons. The summed E-state index contributed by atoms with van der Waals surface area (Å²) >= 11 is 1.42. The van der Waals surface area contributed by atoms with Crippen LogP contribution in [-0.2, 0) is 18.4 Å². The number of ether oxygens (including phenoxy) is 2. The lowest BCUT2D eigenvalue weighted by atomic mass is 10.1. The van der Waals surface area contributed by atoms with Crippen LogP contribution in [0.2, 0.25) is 0 Å². The summed E-state index contributed by atoms with van der Waals surface area (Å²) in [7, 11) is 3.53. The molecule has 1 amide bonds. The molecule has 2 aromatic rings. The Morgan fingerprint density at radius 2 is 1.83 bits per heavy atom. The van der Waals surface area contributed by atoms with E-state index in [1.54, 1.807) is 7.11 Å². The lowest BCUT2D eigenvalue weighted by Crippen LogP contribution is -2.39. The number of thioether (sulfide) groups is 1. The minimum Gasteiger partial charge on any atom is -0.497 e. The zero-order valence-electron chi connectivity index (χ0n) is 17.4. The zero-order valence-corrected chi connectivity index (χ0v) is 18.2. The Bertz CT molecular complexity index is 786. The summed E-state index contributed by atoms with van der Waals surface area (Å²) in [5.74, 6) is 2.30. The first-order valence-electron chi connectivity index (χ1n) is 10.2. The van der Waals surface area contributed by atoms with Gasteiger partial charge in [0.1, 0.15) is 18.1 Å². The molecule has 1 saturated carbocycles. The average Bonchev–Trinajstić information content (AvgIpc) is 2.92. The lowest BCUT2D eigenvalue weighted by Gasteiger charge is -2.19. The molecule has 1 aliphatic rings. The van der Waals surface area contributed by atoms with Crippen molar-refractivity contribution in [2.75, 3.05) is 7.11 Å². The highest BCUT2D eigenvalue weighted by Gasteiger charge is 2.22. The number of nitrogens with zero attached hydrogens (tertiary/aromatic N) is 3. The number of rotatable bonds is 8. The fourth-order valence-corrected chi connectivity index (χ4v) is 4.19. The number of amides is 1. The molecule has 0 bridgehead atoms. The van der Waals surface area contributed by atoms with Gasteiger partial charge >= 0.3 is 0 Å². The Balaban J connectivity index is 1.51. The summed E-state index contributed by atoms with van der Waals surface area (Å²) in [6, 6.07) is 7.71. The summed E-state index contributed by atoms with van der Waals surface area (Å²) < 4.78 is 12.8. The van der Waals surface area contributed by atoms with Crippen LogP contribution in [0.15, 0.2) is 29.4 Å². The molecule has 1 fully saturated rings. The zero-order chi connectivity index (χ0) is 20.6. The fraction of sp³-hybridized carbons (Fsp3) is 0.571. The van der Waals surface area contributed by atoms with E-state index in [0.29, 0.717) is 23.6 Å². The molecule has 1 aromatic heterocycles. The molecule has 158 valence electrons. The Morgan fingerprint density at radius 1 is 1.17 bits per heavy atom. The van der Waals surface area contributed by atoms with Gasteiger partial charge in [0.05, 0.1) is 12.4 Å². The van der Waals surface area contributed by atoms with E-state index in [9.17, 15) is 4.79 Å². The molecule has 0 aliphatic heterocycles. The summed E-state index contributed by atoms with van der Waals surface area (Å²) in [5.41, 5.74) is 0. The van der Waals surface area contributed by atoms with Crippen molar-refractivity contribution in [1.29, 1.82) is 0 Å². The quantitative estimate of drug-likeness (QED) is 0.520. The van der Waals surface area contributed by atoms with Gasteiger partial charge in [-0.2, -0.15) is 0 Å². The smallest absolute Gasteiger partial charge is 0.233 e. The van der Waals surface area contributed by atoms with Gasteiger partial charge in [-0.15, -0.1) is 10.2 Å². The van der Waals surface area contributed by atoms with Crippen LogP contribution in [-0.4, -0.2) is 39.1 Å². The molecule has 1 heterocycles. The normalized spacial score (nSPS) is 16.1. The average molecular weight is 419 g/mol. The molecule has 1 N–H and O–H groups in total. The van der Waals surface area contributed by atoms with Crippen LogP contribution >= 0.6 is 11.8 Å². The van der Waals surface area contributed by atoms with Crippen molar-refractivity contribution in [3.05, 3.63) is 30.1 Å². The minimum atomic E-state index is -0.225. The van der Waals surface area contributed by atoms with Crippen LogP contribution in [0.1, 0.15) is 51.3 Å². The third kappa shape index (κ3) is 6.13. The molecule has 0 spiro atoms. The van der Waals surface area contributed by atoms with Crippen LogP contribution < -0.4 is 14.8 Å². The van der Waals surface area contributed by atoms with Gasteiger partial charge in [-0.3, -0.25) is 4.79 Å². The van der Waals surface area contributed by atoms with Crippen molar-refractivity contribution in [1.82, 2.24) is 20.1 Å². The van der Waals surface area contributed by atoms with Crippen molar-refractivity contribution < 1.29 is 14.3 Å². The molecule has 0 saturated heterocycles. The van der Waals surface area contributed by atoms with E-state index in [2.05, 4.69) is 15.5 Å². The third-order valence-electron chi connectivity index (χ3n) is 5.21. The van der Waals surface area contributed by atoms with Gasteiger partial charge in [-0.25, -0.2) is 0 Å². The second-order valence-electron chi connectivity index (χ2n) is 7.38. The predicted octanol–water partition coefficient (Wildman–Crippen LogP) is 3.72. The number of benzene rings is 1. The van der Waals surface area contributed by atoms with E-state index in [0.717, 1.165) is 24.3 Å². The van der Waals surface area contributed by atoms with Crippen LogP contribution in [0, 0.1) is 0 Å². The van der Waals surface area contributed by atoms with Gasteiger partial charge in [-0.1, -0.05) is 37.4 Å². The minimum absolute atomic E-state index is 0.0703. The first kappa shape index (κ1) is 21.5. The van der Waals surface area contributed by atoms with Crippen molar-refractivity contribution >= 4 is 17.7 Å². The molecule has 7 nitrogen and oxygen atoms in total. The Labute approximate surface area is 176 Å². The summed E-state index contributed by atoms with van der Waals surface area (Å²) in [6.07, 6.45) is 7.12. The maximum absolute atomic E-state index is 12.6. The number of hydrogen-bond acceptors (Lipinski definition) is 6.